The van der Waals surface area contributed by atoms with Crippen LogP contribution in [0.25, 0.3) is 10.9 Å². The summed E-state index contributed by atoms with van der Waals surface area (Å²) in [7, 11) is 0. The molecule has 1 saturated heterocycles. The molecule has 2 amide bonds. The van der Waals surface area contributed by atoms with E-state index in [4.69, 9.17) is 0 Å². The van der Waals surface area contributed by atoms with Crippen molar-refractivity contribution in [1.82, 2.24) is 10.2 Å². The lowest BCUT2D eigenvalue weighted by Crippen LogP contribution is -2.35. The topological polar surface area (TPSA) is 78.1 Å². The molecule has 3 aromatic rings. The summed E-state index contributed by atoms with van der Waals surface area (Å²) in [6.07, 6.45) is 2.84. The maximum absolute atomic E-state index is 12.3. The minimum atomic E-state index is -0.121. The number of benzene rings is 2. The van der Waals surface area contributed by atoms with Crippen molar-refractivity contribution in [1.29, 1.82) is 0 Å². The maximum atomic E-state index is 12.3. The molecule has 2 aromatic carbocycles. The number of aromatic nitrogens is 2. The largest absolute Gasteiger partial charge is 0.312 e. The molecule has 6 nitrogen and oxygen atoms in total. The van der Waals surface area contributed by atoms with E-state index in [1.54, 1.807) is 0 Å². The highest BCUT2D eigenvalue weighted by molar-refractivity contribution is 6.03. The molecule has 132 valence electrons. The zero-order valence-corrected chi connectivity index (χ0v) is 14.4. The molecule has 0 spiro atoms. The molecular weight excluding hydrogens is 328 g/mol. The molecule has 4 rings (SSSR count). The van der Waals surface area contributed by atoms with Crippen molar-refractivity contribution in [3.8, 4) is 0 Å². The molecule has 2 N–H and O–H groups in total. The number of amides is 2. The van der Waals surface area contributed by atoms with Crippen LogP contribution in [-0.4, -0.2) is 28.6 Å². The number of carbonyl (C=O) groups excluding carboxylic acids is 2. The van der Waals surface area contributed by atoms with E-state index in [9.17, 15) is 9.59 Å². The molecular formula is C20H20N4O2. The lowest BCUT2D eigenvalue weighted by Gasteiger charge is -2.26. The average Bonchev–Trinajstić information content (AvgIpc) is 3.05. The van der Waals surface area contributed by atoms with Crippen molar-refractivity contribution in [2.45, 2.75) is 25.7 Å². The predicted molar refractivity (Wildman–Crippen MR) is 101 cm³/mol. The molecule has 2 heterocycles. The Kier molecular flexibility index (Phi) is 4.39. The Balaban J connectivity index is 1.56. The number of fused-ring (bicyclic) bond motifs is 1. The Hall–Kier alpha value is -3.15. The minimum Gasteiger partial charge on any atom is -0.312 e. The average molecular weight is 348 g/mol. The summed E-state index contributed by atoms with van der Waals surface area (Å²) in [5.74, 6) is 0.519. The number of piperidine rings is 1. The van der Waals surface area contributed by atoms with E-state index < -0.39 is 0 Å². The number of hydrogen-bond acceptors (Lipinski definition) is 3. The van der Waals surface area contributed by atoms with Crippen LogP contribution in [0.15, 0.2) is 48.5 Å². The third-order valence-corrected chi connectivity index (χ3v) is 4.65. The molecule has 1 aliphatic rings. The Labute approximate surface area is 151 Å². The fourth-order valence-corrected chi connectivity index (χ4v) is 3.30. The number of H-pyrrole nitrogens is 1. The van der Waals surface area contributed by atoms with Crippen LogP contribution < -0.4 is 10.2 Å². The SMILES string of the molecule is O=C(Cc1ccccc1)Nc1n[nH]c2ccc(N3CCCCC3=O)cc12. The predicted octanol–water partition coefficient (Wildman–Crippen LogP) is 3.26. The van der Waals surface area contributed by atoms with Gasteiger partial charge in [-0.3, -0.25) is 14.7 Å². The van der Waals surface area contributed by atoms with Gasteiger partial charge in [0.05, 0.1) is 11.9 Å². The summed E-state index contributed by atoms with van der Waals surface area (Å²) < 4.78 is 0. The zero-order valence-electron chi connectivity index (χ0n) is 14.4. The molecule has 0 saturated carbocycles. The van der Waals surface area contributed by atoms with Gasteiger partial charge < -0.3 is 10.2 Å². The quantitative estimate of drug-likeness (QED) is 0.760. The monoisotopic (exact) mass is 348 g/mol. The van der Waals surface area contributed by atoms with Gasteiger partial charge in [0, 0.05) is 24.0 Å². The molecule has 0 bridgehead atoms. The first kappa shape index (κ1) is 16.3. The van der Waals surface area contributed by atoms with Gasteiger partial charge >= 0.3 is 0 Å². The van der Waals surface area contributed by atoms with Crippen LogP contribution in [0, 0.1) is 0 Å². The molecule has 26 heavy (non-hydrogen) atoms. The third-order valence-electron chi connectivity index (χ3n) is 4.65. The van der Waals surface area contributed by atoms with Gasteiger partial charge in [-0.05, 0) is 36.6 Å². The van der Waals surface area contributed by atoms with Crippen molar-refractivity contribution in [3.05, 3.63) is 54.1 Å². The fraction of sp³-hybridized carbons (Fsp3) is 0.250. The summed E-state index contributed by atoms with van der Waals surface area (Å²) >= 11 is 0. The van der Waals surface area contributed by atoms with Crippen molar-refractivity contribution in [2.24, 2.45) is 0 Å². The van der Waals surface area contributed by atoms with Crippen LogP contribution in [0.4, 0.5) is 11.5 Å². The summed E-state index contributed by atoms with van der Waals surface area (Å²) in [5.41, 5.74) is 2.62. The smallest absolute Gasteiger partial charge is 0.230 e. The second-order valence-corrected chi connectivity index (χ2v) is 6.52. The van der Waals surface area contributed by atoms with Crippen molar-refractivity contribution in [3.63, 3.8) is 0 Å². The van der Waals surface area contributed by atoms with Crippen molar-refractivity contribution >= 4 is 34.2 Å². The van der Waals surface area contributed by atoms with E-state index >= 15 is 0 Å². The van der Waals surface area contributed by atoms with Gasteiger partial charge in [-0.1, -0.05) is 30.3 Å². The van der Waals surface area contributed by atoms with E-state index in [0.717, 1.165) is 41.5 Å². The van der Waals surface area contributed by atoms with E-state index in [1.165, 1.54) is 0 Å². The summed E-state index contributed by atoms with van der Waals surface area (Å²) in [6, 6.07) is 15.3. The van der Waals surface area contributed by atoms with Gasteiger partial charge in [0.15, 0.2) is 5.82 Å². The molecule has 0 aliphatic carbocycles. The Morgan fingerprint density at radius 3 is 2.81 bits per heavy atom. The van der Waals surface area contributed by atoms with Gasteiger partial charge in [0.1, 0.15) is 0 Å². The lowest BCUT2D eigenvalue weighted by atomic mass is 10.1. The van der Waals surface area contributed by atoms with Crippen LogP contribution >= 0.6 is 0 Å². The van der Waals surface area contributed by atoms with Crippen LogP contribution in [0.2, 0.25) is 0 Å². The summed E-state index contributed by atoms with van der Waals surface area (Å²) in [5, 5.41) is 10.8. The van der Waals surface area contributed by atoms with E-state index in [0.29, 0.717) is 18.7 Å². The van der Waals surface area contributed by atoms with Crippen LogP contribution in [0.3, 0.4) is 0 Å². The highest BCUT2D eigenvalue weighted by Gasteiger charge is 2.20. The number of anilines is 2. The first-order valence-corrected chi connectivity index (χ1v) is 8.83. The van der Waals surface area contributed by atoms with Crippen LogP contribution in [0.5, 0.6) is 0 Å². The first-order valence-electron chi connectivity index (χ1n) is 8.83. The number of aromatic amines is 1. The first-order chi connectivity index (χ1) is 12.7. The number of nitrogens with zero attached hydrogens (tertiary/aromatic N) is 2. The summed E-state index contributed by atoms with van der Waals surface area (Å²) in [6.45, 7) is 0.734. The van der Waals surface area contributed by atoms with Crippen molar-refractivity contribution < 1.29 is 9.59 Å². The van der Waals surface area contributed by atoms with Crippen LogP contribution in [0.1, 0.15) is 24.8 Å². The Bertz CT molecular complexity index is 949. The van der Waals surface area contributed by atoms with E-state index in [2.05, 4.69) is 15.5 Å². The molecule has 6 heteroatoms. The lowest BCUT2D eigenvalue weighted by molar-refractivity contribution is -0.119. The second-order valence-electron chi connectivity index (χ2n) is 6.52. The summed E-state index contributed by atoms with van der Waals surface area (Å²) in [4.78, 5) is 26.3. The molecule has 0 atom stereocenters. The number of rotatable bonds is 4. The Morgan fingerprint density at radius 2 is 2.00 bits per heavy atom. The zero-order chi connectivity index (χ0) is 17.9. The number of hydrogen-bond donors (Lipinski definition) is 2. The number of carbonyl (C=O) groups is 2. The molecule has 1 aromatic heterocycles. The normalized spacial score (nSPS) is 14.6. The highest BCUT2D eigenvalue weighted by Crippen LogP contribution is 2.28. The van der Waals surface area contributed by atoms with Crippen LogP contribution in [-0.2, 0) is 16.0 Å². The van der Waals surface area contributed by atoms with Gasteiger partial charge in [0.25, 0.3) is 0 Å². The van der Waals surface area contributed by atoms with E-state index in [1.807, 2.05) is 53.4 Å². The minimum absolute atomic E-state index is 0.121. The van der Waals surface area contributed by atoms with E-state index in [-0.39, 0.29) is 11.8 Å². The fourth-order valence-electron chi connectivity index (χ4n) is 3.30. The van der Waals surface area contributed by atoms with Gasteiger partial charge in [-0.15, -0.1) is 0 Å². The van der Waals surface area contributed by atoms with Gasteiger partial charge in [-0.2, -0.15) is 5.10 Å². The second kappa shape index (κ2) is 7.00. The standard InChI is InChI=1S/C20H20N4O2/c25-18(12-14-6-2-1-3-7-14)21-20-16-13-15(9-10-17(16)22-23-20)24-11-5-4-8-19(24)26/h1-3,6-7,9-10,13H,4-5,8,11-12H2,(H2,21,22,23,25). The third kappa shape index (κ3) is 3.31. The number of nitrogens with one attached hydrogen (secondary N) is 2. The Morgan fingerprint density at radius 1 is 1.15 bits per heavy atom. The molecule has 1 fully saturated rings. The molecule has 0 unspecified atom stereocenters. The van der Waals surface area contributed by atoms with Crippen molar-refractivity contribution in [2.75, 3.05) is 16.8 Å². The van der Waals surface area contributed by atoms with Gasteiger partial charge in [0.2, 0.25) is 11.8 Å². The van der Waals surface area contributed by atoms with Gasteiger partial charge in [-0.25, -0.2) is 0 Å². The molecule has 1 aliphatic heterocycles. The highest BCUT2D eigenvalue weighted by atomic mass is 16.2. The maximum Gasteiger partial charge on any atom is 0.230 e. The molecule has 0 radical (unpaired) electrons.